The fourth-order valence-corrected chi connectivity index (χ4v) is 1.95. The molecule has 0 fully saturated rings. The summed E-state index contributed by atoms with van der Waals surface area (Å²) in [6.07, 6.45) is 0.780. The van der Waals surface area contributed by atoms with Crippen LogP contribution in [0.3, 0.4) is 0 Å². The highest BCUT2D eigenvalue weighted by Crippen LogP contribution is 2.01. The van der Waals surface area contributed by atoms with Crippen LogP contribution in [0.2, 0.25) is 0 Å². The van der Waals surface area contributed by atoms with Gasteiger partial charge in [-0.3, -0.25) is 4.79 Å². The molecule has 0 unspecified atom stereocenters. The molecule has 1 aromatic heterocycles. The Morgan fingerprint density at radius 2 is 2.12 bits per heavy atom. The number of rotatable bonds is 4. The van der Waals surface area contributed by atoms with Gasteiger partial charge in [-0.25, -0.2) is 4.98 Å². The molecule has 2 aromatic rings. The molecule has 1 heterocycles. The molecule has 3 nitrogen and oxygen atoms in total. The Labute approximate surface area is 98.2 Å². The second-order valence-electron chi connectivity index (χ2n) is 3.35. The maximum Gasteiger partial charge on any atom is 0.251 e. The van der Waals surface area contributed by atoms with Crippen LogP contribution in [-0.2, 0) is 6.42 Å². The Balaban J connectivity index is 1.81. The molecule has 0 saturated heterocycles. The van der Waals surface area contributed by atoms with E-state index in [-0.39, 0.29) is 5.91 Å². The first kappa shape index (κ1) is 10.8. The van der Waals surface area contributed by atoms with Crippen molar-refractivity contribution in [1.82, 2.24) is 10.3 Å². The first-order valence-corrected chi connectivity index (χ1v) is 6.01. The largest absolute Gasteiger partial charge is 0.352 e. The number of aromatic nitrogens is 1. The lowest BCUT2D eigenvalue weighted by Gasteiger charge is -2.03. The number of carbonyl (C=O) groups excluding carboxylic acids is 1. The molecular weight excluding hydrogens is 220 g/mol. The lowest BCUT2D eigenvalue weighted by molar-refractivity contribution is 0.0954. The van der Waals surface area contributed by atoms with Crippen LogP contribution in [0.4, 0.5) is 0 Å². The minimum Gasteiger partial charge on any atom is -0.352 e. The van der Waals surface area contributed by atoms with Crippen molar-refractivity contribution in [3.8, 4) is 0 Å². The first-order chi connectivity index (χ1) is 7.86. The number of hydrogen-bond donors (Lipinski definition) is 1. The van der Waals surface area contributed by atoms with Gasteiger partial charge < -0.3 is 5.32 Å². The highest BCUT2D eigenvalue weighted by molar-refractivity contribution is 7.07. The van der Waals surface area contributed by atoms with Crippen LogP contribution < -0.4 is 5.32 Å². The summed E-state index contributed by atoms with van der Waals surface area (Å²) < 4.78 is 0. The van der Waals surface area contributed by atoms with Gasteiger partial charge in [-0.2, -0.15) is 0 Å². The third-order valence-electron chi connectivity index (χ3n) is 2.19. The monoisotopic (exact) mass is 232 g/mol. The molecule has 0 radical (unpaired) electrons. The number of nitrogens with zero attached hydrogens (tertiary/aromatic N) is 1. The predicted molar refractivity (Wildman–Crippen MR) is 64.6 cm³/mol. The number of thiazole rings is 1. The zero-order valence-corrected chi connectivity index (χ0v) is 9.54. The standard InChI is InChI=1S/C12H12N2OS/c15-12(10-4-2-1-3-5-10)13-7-6-11-8-16-9-14-11/h1-5,8-9H,6-7H2,(H,13,15). The molecular formula is C12H12N2OS. The molecule has 0 saturated carbocycles. The molecule has 1 amide bonds. The summed E-state index contributed by atoms with van der Waals surface area (Å²) in [4.78, 5) is 15.8. The van der Waals surface area contributed by atoms with E-state index in [9.17, 15) is 4.79 Å². The van der Waals surface area contributed by atoms with Gasteiger partial charge in [-0.05, 0) is 12.1 Å². The molecule has 16 heavy (non-hydrogen) atoms. The van der Waals surface area contributed by atoms with Crippen molar-refractivity contribution in [3.05, 3.63) is 52.5 Å². The fourth-order valence-electron chi connectivity index (χ4n) is 1.36. The number of benzene rings is 1. The molecule has 1 N–H and O–H groups in total. The van der Waals surface area contributed by atoms with E-state index >= 15 is 0 Å². The summed E-state index contributed by atoms with van der Waals surface area (Å²) in [5.41, 5.74) is 3.52. The minimum absolute atomic E-state index is 0.0316. The highest BCUT2D eigenvalue weighted by Gasteiger charge is 2.03. The molecule has 0 atom stereocenters. The van der Waals surface area contributed by atoms with Crippen LogP contribution in [0.5, 0.6) is 0 Å². The smallest absolute Gasteiger partial charge is 0.251 e. The van der Waals surface area contributed by atoms with Crippen LogP contribution >= 0.6 is 11.3 Å². The van der Waals surface area contributed by atoms with Crippen molar-refractivity contribution >= 4 is 17.2 Å². The second kappa shape index (κ2) is 5.42. The van der Waals surface area contributed by atoms with E-state index in [1.54, 1.807) is 29.0 Å². The molecule has 1 aromatic carbocycles. The van der Waals surface area contributed by atoms with Crippen molar-refractivity contribution < 1.29 is 4.79 Å². The van der Waals surface area contributed by atoms with Crippen LogP contribution in [0, 0.1) is 0 Å². The Morgan fingerprint density at radius 1 is 1.31 bits per heavy atom. The molecule has 0 aliphatic carbocycles. The number of carbonyl (C=O) groups is 1. The highest BCUT2D eigenvalue weighted by atomic mass is 32.1. The number of amides is 1. The Morgan fingerprint density at radius 3 is 2.81 bits per heavy atom. The van der Waals surface area contributed by atoms with Crippen LogP contribution in [-0.4, -0.2) is 17.4 Å². The average Bonchev–Trinajstić information content (AvgIpc) is 2.83. The predicted octanol–water partition coefficient (Wildman–Crippen LogP) is 2.12. The zero-order chi connectivity index (χ0) is 11.2. The molecule has 0 bridgehead atoms. The zero-order valence-electron chi connectivity index (χ0n) is 8.72. The van der Waals surface area contributed by atoms with E-state index in [4.69, 9.17) is 0 Å². The van der Waals surface area contributed by atoms with Gasteiger partial charge in [0.1, 0.15) is 0 Å². The molecule has 0 spiro atoms. The van der Waals surface area contributed by atoms with E-state index in [0.717, 1.165) is 12.1 Å². The molecule has 2 rings (SSSR count). The van der Waals surface area contributed by atoms with Crippen molar-refractivity contribution in [2.24, 2.45) is 0 Å². The van der Waals surface area contributed by atoms with Gasteiger partial charge in [0.15, 0.2) is 0 Å². The Hall–Kier alpha value is -1.68. The fraction of sp³-hybridized carbons (Fsp3) is 0.167. The van der Waals surface area contributed by atoms with Crippen molar-refractivity contribution in [2.45, 2.75) is 6.42 Å². The van der Waals surface area contributed by atoms with E-state index < -0.39 is 0 Å². The molecule has 82 valence electrons. The molecule has 4 heteroatoms. The topological polar surface area (TPSA) is 42.0 Å². The third-order valence-corrected chi connectivity index (χ3v) is 2.82. The van der Waals surface area contributed by atoms with Gasteiger partial charge in [0.25, 0.3) is 5.91 Å². The van der Waals surface area contributed by atoms with E-state index in [1.807, 2.05) is 23.6 Å². The average molecular weight is 232 g/mol. The lowest BCUT2D eigenvalue weighted by atomic mass is 10.2. The van der Waals surface area contributed by atoms with Crippen molar-refractivity contribution in [1.29, 1.82) is 0 Å². The summed E-state index contributed by atoms with van der Waals surface area (Å²) in [6.45, 7) is 0.622. The van der Waals surface area contributed by atoms with Gasteiger partial charge in [-0.1, -0.05) is 18.2 Å². The van der Waals surface area contributed by atoms with Gasteiger partial charge in [0.2, 0.25) is 0 Å². The quantitative estimate of drug-likeness (QED) is 0.877. The third kappa shape index (κ3) is 2.90. The van der Waals surface area contributed by atoms with E-state index in [1.165, 1.54) is 0 Å². The van der Waals surface area contributed by atoms with Crippen LogP contribution in [0.25, 0.3) is 0 Å². The minimum atomic E-state index is -0.0316. The van der Waals surface area contributed by atoms with Crippen molar-refractivity contribution in [3.63, 3.8) is 0 Å². The van der Waals surface area contributed by atoms with E-state index in [0.29, 0.717) is 12.1 Å². The SMILES string of the molecule is O=C(NCCc1cscn1)c1ccccc1. The maximum absolute atomic E-state index is 11.6. The Kier molecular flexibility index (Phi) is 3.66. The van der Waals surface area contributed by atoms with E-state index in [2.05, 4.69) is 10.3 Å². The first-order valence-electron chi connectivity index (χ1n) is 5.06. The second-order valence-corrected chi connectivity index (χ2v) is 4.07. The summed E-state index contributed by atoms with van der Waals surface area (Å²) in [5, 5.41) is 4.86. The normalized spacial score (nSPS) is 10.0. The van der Waals surface area contributed by atoms with Gasteiger partial charge in [-0.15, -0.1) is 11.3 Å². The lowest BCUT2D eigenvalue weighted by Crippen LogP contribution is -2.25. The number of nitrogens with one attached hydrogen (secondary N) is 1. The van der Waals surface area contributed by atoms with Gasteiger partial charge in [0, 0.05) is 23.9 Å². The molecule has 0 aliphatic rings. The summed E-state index contributed by atoms with van der Waals surface area (Å²) >= 11 is 1.57. The van der Waals surface area contributed by atoms with Gasteiger partial charge >= 0.3 is 0 Å². The summed E-state index contributed by atoms with van der Waals surface area (Å²) in [5.74, 6) is -0.0316. The Bertz CT molecular complexity index is 439. The number of hydrogen-bond acceptors (Lipinski definition) is 3. The maximum atomic E-state index is 11.6. The summed E-state index contributed by atoms with van der Waals surface area (Å²) in [6, 6.07) is 9.22. The van der Waals surface area contributed by atoms with Crippen LogP contribution in [0.1, 0.15) is 16.1 Å². The molecule has 0 aliphatic heterocycles. The van der Waals surface area contributed by atoms with Crippen molar-refractivity contribution in [2.75, 3.05) is 6.54 Å². The van der Waals surface area contributed by atoms with Crippen LogP contribution in [0.15, 0.2) is 41.2 Å². The summed E-state index contributed by atoms with van der Waals surface area (Å²) in [7, 11) is 0. The van der Waals surface area contributed by atoms with Gasteiger partial charge in [0.05, 0.1) is 11.2 Å².